The number of alkyl halides is 2. The summed E-state index contributed by atoms with van der Waals surface area (Å²) in [5.41, 5.74) is 10.5. The van der Waals surface area contributed by atoms with Crippen LogP contribution in [-0.4, -0.2) is 95.6 Å². The Balaban J connectivity index is 1.33. The van der Waals surface area contributed by atoms with Crippen LogP contribution in [-0.2, 0) is 4.79 Å². The van der Waals surface area contributed by atoms with E-state index in [2.05, 4.69) is 25.8 Å². The molecule has 2 atom stereocenters. The van der Waals surface area contributed by atoms with E-state index in [0.29, 0.717) is 35.7 Å². The molecule has 0 spiro atoms. The fraction of sp³-hybridized carbons (Fsp3) is 0.480. The number of anilines is 2. The van der Waals surface area contributed by atoms with Gasteiger partial charge < -0.3 is 20.3 Å². The number of carbonyl (C=O) groups excluding carboxylic acids is 1. The molecule has 0 bridgehead atoms. The van der Waals surface area contributed by atoms with Gasteiger partial charge in [-0.1, -0.05) is 6.07 Å². The highest BCUT2D eigenvalue weighted by molar-refractivity contribution is 5.87. The van der Waals surface area contributed by atoms with Crippen LogP contribution in [0.3, 0.4) is 0 Å². The number of piperidine rings is 1. The van der Waals surface area contributed by atoms with Gasteiger partial charge in [0, 0.05) is 44.5 Å². The molecule has 0 radical (unpaired) electrons. The lowest BCUT2D eigenvalue weighted by Crippen LogP contribution is -2.53. The average Bonchev–Trinajstić information content (AvgIpc) is 3.31. The van der Waals surface area contributed by atoms with E-state index in [9.17, 15) is 9.18 Å². The first-order valence-electron chi connectivity index (χ1n) is 12.7. The molecule has 38 heavy (non-hydrogen) atoms. The molecule has 4 heterocycles. The van der Waals surface area contributed by atoms with Gasteiger partial charge in [-0.15, -0.1) is 5.10 Å². The highest BCUT2D eigenvalue weighted by Crippen LogP contribution is 2.36. The minimum Gasteiger partial charge on any atom is -0.479 e. The fourth-order valence-corrected chi connectivity index (χ4v) is 4.85. The molecule has 2 fully saturated rings. The van der Waals surface area contributed by atoms with Crippen molar-refractivity contribution in [2.45, 2.75) is 25.1 Å². The number of benzene rings is 1. The Kier molecular flexibility index (Phi) is 7.63. The van der Waals surface area contributed by atoms with Gasteiger partial charge in [0.25, 0.3) is 0 Å². The van der Waals surface area contributed by atoms with Crippen molar-refractivity contribution >= 4 is 28.7 Å². The molecule has 0 unspecified atom stereocenters. The number of fused-ring (bicyclic) bond motifs is 1. The van der Waals surface area contributed by atoms with Crippen molar-refractivity contribution in [2.24, 2.45) is 5.11 Å². The van der Waals surface area contributed by atoms with E-state index in [0.717, 1.165) is 30.6 Å². The van der Waals surface area contributed by atoms with Crippen molar-refractivity contribution in [3.63, 3.8) is 0 Å². The zero-order valence-electron chi connectivity index (χ0n) is 21.2. The molecular formula is C25H31F2N9O2. The van der Waals surface area contributed by atoms with E-state index in [-0.39, 0.29) is 31.5 Å². The van der Waals surface area contributed by atoms with E-state index < -0.39 is 18.9 Å². The van der Waals surface area contributed by atoms with Crippen molar-refractivity contribution < 1.29 is 18.3 Å². The van der Waals surface area contributed by atoms with Gasteiger partial charge >= 0.3 is 0 Å². The Bertz CT molecular complexity index is 1310. The number of hydrogen-bond acceptors (Lipinski definition) is 9. The van der Waals surface area contributed by atoms with Crippen molar-refractivity contribution in [3.05, 3.63) is 30.5 Å². The second-order valence-electron chi connectivity index (χ2n) is 9.45. The molecule has 13 heteroatoms. The van der Waals surface area contributed by atoms with E-state index >= 15 is 4.39 Å². The molecule has 2 aliphatic heterocycles. The Morgan fingerprint density at radius 2 is 2.13 bits per heavy atom. The molecule has 202 valence electrons. The largest absolute Gasteiger partial charge is 0.479 e. The summed E-state index contributed by atoms with van der Waals surface area (Å²) in [6, 6.07) is 6.64. The van der Waals surface area contributed by atoms with Gasteiger partial charge in [0.05, 0.1) is 25.4 Å². The summed E-state index contributed by atoms with van der Waals surface area (Å²) < 4.78 is 35.0. The maximum Gasteiger partial charge on any atom is 0.244 e. The fourth-order valence-electron chi connectivity index (χ4n) is 4.85. The summed E-state index contributed by atoms with van der Waals surface area (Å²) in [4.78, 5) is 20.4. The van der Waals surface area contributed by atoms with E-state index in [1.807, 2.05) is 17.0 Å². The summed E-state index contributed by atoms with van der Waals surface area (Å²) in [7, 11) is 1.50. The molecule has 5 rings (SSSR count). The first-order valence-corrected chi connectivity index (χ1v) is 12.7. The lowest BCUT2D eigenvalue weighted by atomic mass is 10.0. The van der Waals surface area contributed by atoms with Gasteiger partial charge in [-0.05, 0) is 36.6 Å². The maximum absolute atomic E-state index is 15.1. The summed E-state index contributed by atoms with van der Waals surface area (Å²) >= 11 is 0. The summed E-state index contributed by atoms with van der Waals surface area (Å²) in [5.74, 6) is 0.608. The third kappa shape index (κ3) is 5.23. The monoisotopic (exact) mass is 527 g/mol. The van der Waals surface area contributed by atoms with Gasteiger partial charge in [-0.2, -0.15) is 10.1 Å². The molecule has 2 aromatic heterocycles. The number of methoxy groups -OCH3 is 1. The lowest BCUT2D eigenvalue weighted by molar-refractivity contribution is -0.136. The van der Waals surface area contributed by atoms with Crippen LogP contribution in [0.1, 0.15) is 12.8 Å². The maximum atomic E-state index is 15.1. The molecule has 3 N–H and O–H groups in total. The second kappa shape index (κ2) is 11.3. The van der Waals surface area contributed by atoms with Gasteiger partial charge in [0.15, 0.2) is 0 Å². The van der Waals surface area contributed by atoms with Gasteiger partial charge in [-0.3, -0.25) is 9.69 Å². The van der Waals surface area contributed by atoms with Crippen molar-refractivity contribution in [1.82, 2.24) is 24.4 Å². The number of halogens is 2. The van der Waals surface area contributed by atoms with Crippen LogP contribution in [0.4, 0.5) is 26.1 Å². The Morgan fingerprint density at radius 3 is 2.82 bits per heavy atom. The minimum absolute atomic E-state index is 0.0610. The smallest absolute Gasteiger partial charge is 0.244 e. The molecular weight excluding hydrogens is 496 g/mol. The van der Waals surface area contributed by atoms with Crippen molar-refractivity contribution in [3.8, 4) is 17.0 Å². The molecule has 0 saturated carbocycles. The molecule has 1 amide bonds. The van der Waals surface area contributed by atoms with Crippen LogP contribution in [0.15, 0.2) is 35.6 Å². The number of nitrogens with one attached hydrogen (secondary N) is 3. The van der Waals surface area contributed by atoms with Gasteiger partial charge in [0.1, 0.15) is 24.1 Å². The number of nitrogens with zero attached hydrogens (tertiary/aromatic N) is 6. The average molecular weight is 528 g/mol. The lowest BCUT2D eigenvalue weighted by Gasteiger charge is -2.37. The topological polar surface area (TPSA) is 123 Å². The minimum atomic E-state index is -1.19. The van der Waals surface area contributed by atoms with Crippen LogP contribution >= 0.6 is 0 Å². The SMILES string of the molecule is COc1nc(N[C@H]2CCN(CC(=O)N3CCC3)C[C@H]2F)nn2ccc(-c3ccc(N=N)c(NCCF)c3)c12. The number of aromatic nitrogens is 3. The Morgan fingerprint density at radius 1 is 1.29 bits per heavy atom. The van der Waals surface area contributed by atoms with Crippen LogP contribution in [0.5, 0.6) is 5.88 Å². The van der Waals surface area contributed by atoms with Crippen LogP contribution in [0.2, 0.25) is 0 Å². The molecule has 2 saturated heterocycles. The summed E-state index contributed by atoms with van der Waals surface area (Å²) in [5, 5.41) is 14.1. The third-order valence-corrected chi connectivity index (χ3v) is 7.02. The highest BCUT2D eigenvalue weighted by Gasteiger charge is 2.32. The van der Waals surface area contributed by atoms with Crippen LogP contribution in [0.25, 0.3) is 16.6 Å². The molecule has 2 aliphatic rings. The first kappa shape index (κ1) is 25.8. The normalized spacial score (nSPS) is 19.7. The van der Waals surface area contributed by atoms with Gasteiger partial charge in [0.2, 0.25) is 17.7 Å². The Labute approximate surface area is 218 Å². The first-order chi connectivity index (χ1) is 18.5. The van der Waals surface area contributed by atoms with E-state index in [1.165, 1.54) is 7.11 Å². The predicted octanol–water partition coefficient (Wildman–Crippen LogP) is 3.51. The summed E-state index contributed by atoms with van der Waals surface area (Å²) in [6.07, 6.45) is 2.12. The second-order valence-corrected chi connectivity index (χ2v) is 9.45. The number of hydrogen-bond donors (Lipinski definition) is 3. The number of likely N-dealkylation sites (tertiary alicyclic amines) is 2. The molecule has 11 nitrogen and oxygen atoms in total. The standard InChI is InChI=1S/C25H31F2N9O2/c1-38-24-23-17(16-3-4-20(32-28)21(13-16)29-8-7-26)5-12-36(23)33-25(31-24)30-19-6-11-34(14-18(19)27)15-22(37)35-9-2-10-35/h3-5,12-13,18-19,28-29H,2,6-11,14-15H2,1H3,(H,30,33)/t18-,19+/m1/s1. The van der Waals surface area contributed by atoms with Crippen molar-refractivity contribution in [1.29, 1.82) is 5.53 Å². The summed E-state index contributed by atoms with van der Waals surface area (Å²) in [6.45, 7) is 2.16. The molecule has 0 aliphatic carbocycles. The number of carbonyl (C=O) groups is 1. The predicted molar refractivity (Wildman–Crippen MR) is 139 cm³/mol. The quantitative estimate of drug-likeness (QED) is 0.345. The van der Waals surface area contributed by atoms with E-state index in [4.69, 9.17) is 10.3 Å². The molecule has 3 aromatic rings. The van der Waals surface area contributed by atoms with E-state index in [1.54, 1.807) is 27.7 Å². The molecule has 1 aromatic carbocycles. The zero-order valence-corrected chi connectivity index (χ0v) is 21.2. The highest BCUT2D eigenvalue weighted by atomic mass is 19.1. The zero-order chi connectivity index (χ0) is 26.6. The van der Waals surface area contributed by atoms with Crippen molar-refractivity contribution in [2.75, 3.05) is 63.7 Å². The van der Waals surface area contributed by atoms with Crippen LogP contribution < -0.4 is 15.4 Å². The third-order valence-electron chi connectivity index (χ3n) is 7.02. The number of rotatable bonds is 10. The van der Waals surface area contributed by atoms with Gasteiger partial charge in [-0.25, -0.2) is 18.8 Å². The number of amides is 1. The van der Waals surface area contributed by atoms with Crippen LogP contribution in [0, 0.1) is 5.53 Å². The number of ether oxygens (including phenoxy) is 1. The Hall–Kier alpha value is -3.87.